The fourth-order valence-electron chi connectivity index (χ4n) is 2.80. The van der Waals surface area contributed by atoms with Gasteiger partial charge in [0.25, 0.3) is 0 Å². The molecule has 0 bridgehead atoms. The summed E-state index contributed by atoms with van der Waals surface area (Å²) in [6, 6.07) is 12.0. The average molecular weight is 410 g/mol. The molecule has 1 fully saturated rings. The number of unbranched alkanes of at least 4 members (excludes halogenated alkanes) is 1. The standard InChI is InChI=1S/C18H22ClNO2.C2H2O4/c19-17-7-8-18(16-6-2-1-5-15(16)17)22-12-4-3-9-20-10-13-21-14-11-20;3-1(4)2(5)6/h1-2,5-8H,3-4,9-14H2;(H,3,4)(H,5,6). The smallest absolute Gasteiger partial charge is 0.414 e. The zero-order valence-electron chi connectivity index (χ0n) is 15.5. The molecule has 0 spiro atoms. The minimum Gasteiger partial charge on any atom is -0.493 e. The lowest BCUT2D eigenvalue weighted by molar-refractivity contribution is -0.159. The van der Waals surface area contributed by atoms with Crippen LogP contribution < -0.4 is 4.74 Å². The van der Waals surface area contributed by atoms with Crippen LogP contribution in [0.5, 0.6) is 5.75 Å². The van der Waals surface area contributed by atoms with Crippen molar-refractivity contribution in [2.24, 2.45) is 0 Å². The van der Waals surface area contributed by atoms with Gasteiger partial charge in [-0.1, -0.05) is 35.9 Å². The molecule has 0 aliphatic carbocycles. The second-order valence-electron chi connectivity index (χ2n) is 6.21. The molecule has 152 valence electrons. The highest BCUT2D eigenvalue weighted by Crippen LogP contribution is 2.31. The first-order valence-corrected chi connectivity index (χ1v) is 9.43. The van der Waals surface area contributed by atoms with Gasteiger partial charge in [-0.05, 0) is 31.5 Å². The third-order valence-electron chi connectivity index (χ3n) is 4.24. The topological polar surface area (TPSA) is 96.3 Å². The van der Waals surface area contributed by atoms with Gasteiger partial charge in [-0.2, -0.15) is 0 Å². The van der Waals surface area contributed by atoms with Crippen molar-refractivity contribution in [1.82, 2.24) is 4.90 Å². The van der Waals surface area contributed by atoms with Crippen molar-refractivity contribution >= 4 is 34.3 Å². The summed E-state index contributed by atoms with van der Waals surface area (Å²) in [5, 5.41) is 17.7. The van der Waals surface area contributed by atoms with E-state index in [1.165, 1.54) is 0 Å². The van der Waals surface area contributed by atoms with Crippen molar-refractivity contribution in [1.29, 1.82) is 0 Å². The second kappa shape index (κ2) is 11.5. The molecule has 7 nitrogen and oxygen atoms in total. The molecule has 1 aliphatic rings. The number of carbonyl (C=O) groups is 2. The van der Waals surface area contributed by atoms with E-state index < -0.39 is 11.9 Å². The Labute approximate surface area is 168 Å². The molecule has 8 heteroatoms. The SMILES string of the molecule is Clc1ccc(OCCCCN2CCOCC2)c2ccccc12.O=C(O)C(=O)O. The maximum absolute atomic E-state index is 9.10. The van der Waals surface area contributed by atoms with Gasteiger partial charge in [0.05, 0.1) is 19.8 Å². The first-order chi connectivity index (χ1) is 13.5. The van der Waals surface area contributed by atoms with Gasteiger partial charge in [0.1, 0.15) is 5.75 Å². The van der Waals surface area contributed by atoms with Crippen molar-refractivity contribution < 1.29 is 29.3 Å². The largest absolute Gasteiger partial charge is 0.493 e. The summed E-state index contributed by atoms with van der Waals surface area (Å²) in [6.07, 6.45) is 2.22. The maximum atomic E-state index is 9.10. The summed E-state index contributed by atoms with van der Waals surface area (Å²) in [5.41, 5.74) is 0. The third-order valence-corrected chi connectivity index (χ3v) is 4.57. The molecule has 0 aromatic heterocycles. The van der Waals surface area contributed by atoms with E-state index in [9.17, 15) is 0 Å². The van der Waals surface area contributed by atoms with Gasteiger partial charge in [-0.25, -0.2) is 9.59 Å². The van der Waals surface area contributed by atoms with Crippen LogP contribution in [0.1, 0.15) is 12.8 Å². The molecular formula is C20H24ClNO6. The predicted molar refractivity (Wildman–Crippen MR) is 106 cm³/mol. The van der Waals surface area contributed by atoms with Crippen LogP contribution in [-0.2, 0) is 14.3 Å². The molecule has 0 amide bonds. The lowest BCUT2D eigenvalue weighted by Gasteiger charge is -2.26. The van der Waals surface area contributed by atoms with Gasteiger partial charge in [0.15, 0.2) is 0 Å². The number of fused-ring (bicyclic) bond motifs is 1. The molecule has 0 unspecified atom stereocenters. The molecule has 0 atom stereocenters. The quantitative estimate of drug-likeness (QED) is 0.558. The molecule has 1 saturated heterocycles. The second-order valence-corrected chi connectivity index (χ2v) is 6.62. The zero-order valence-corrected chi connectivity index (χ0v) is 16.2. The van der Waals surface area contributed by atoms with E-state index in [1.54, 1.807) is 0 Å². The van der Waals surface area contributed by atoms with Gasteiger partial charge in [-0.3, -0.25) is 4.90 Å². The number of ether oxygens (including phenoxy) is 2. The van der Waals surface area contributed by atoms with Crippen LogP contribution >= 0.6 is 11.6 Å². The van der Waals surface area contributed by atoms with Crippen LogP contribution in [0.3, 0.4) is 0 Å². The van der Waals surface area contributed by atoms with E-state index in [-0.39, 0.29) is 0 Å². The van der Waals surface area contributed by atoms with Crippen LogP contribution in [0, 0.1) is 0 Å². The molecule has 0 radical (unpaired) electrons. The van der Waals surface area contributed by atoms with E-state index in [0.29, 0.717) is 0 Å². The number of hydrogen-bond acceptors (Lipinski definition) is 5. The molecule has 0 saturated carbocycles. The summed E-state index contributed by atoms with van der Waals surface area (Å²) in [5.74, 6) is -2.73. The van der Waals surface area contributed by atoms with E-state index in [4.69, 9.17) is 40.9 Å². The van der Waals surface area contributed by atoms with Gasteiger partial charge in [-0.15, -0.1) is 0 Å². The van der Waals surface area contributed by atoms with Crippen molar-refractivity contribution in [2.75, 3.05) is 39.5 Å². The Balaban J connectivity index is 0.000000409. The predicted octanol–water partition coefficient (Wildman–Crippen LogP) is 3.14. The van der Waals surface area contributed by atoms with Gasteiger partial charge >= 0.3 is 11.9 Å². The highest BCUT2D eigenvalue weighted by Gasteiger charge is 2.09. The summed E-state index contributed by atoms with van der Waals surface area (Å²) in [4.78, 5) is 20.7. The van der Waals surface area contributed by atoms with Gasteiger partial charge in [0, 0.05) is 28.9 Å². The highest BCUT2D eigenvalue weighted by atomic mass is 35.5. The lowest BCUT2D eigenvalue weighted by atomic mass is 10.1. The Morgan fingerprint density at radius 2 is 1.64 bits per heavy atom. The Morgan fingerprint density at radius 1 is 1.00 bits per heavy atom. The fourth-order valence-corrected chi connectivity index (χ4v) is 3.03. The van der Waals surface area contributed by atoms with Crippen LogP contribution in [0.25, 0.3) is 10.8 Å². The summed E-state index contributed by atoms with van der Waals surface area (Å²) in [7, 11) is 0. The number of aliphatic carboxylic acids is 2. The third kappa shape index (κ3) is 6.99. The minimum atomic E-state index is -1.82. The van der Waals surface area contributed by atoms with Crippen LogP contribution in [-0.4, -0.2) is 66.5 Å². The highest BCUT2D eigenvalue weighted by molar-refractivity contribution is 6.35. The Morgan fingerprint density at radius 3 is 2.29 bits per heavy atom. The maximum Gasteiger partial charge on any atom is 0.414 e. The number of carboxylic acids is 2. The van der Waals surface area contributed by atoms with Crippen LogP contribution in [0.2, 0.25) is 5.02 Å². The summed E-state index contributed by atoms with van der Waals surface area (Å²) >= 11 is 6.23. The summed E-state index contributed by atoms with van der Waals surface area (Å²) in [6.45, 7) is 5.73. The van der Waals surface area contributed by atoms with Crippen LogP contribution in [0.4, 0.5) is 0 Å². The lowest BCUT2D eigenvalue weighted by Crippen LogP contribution is -2.36. The van der Waals surface area contributed by atoms with E-state index in [1.807, 2.05) is 30.3 Å². The molecule has 1 heterocycles. The van der Waals surface area contributed by atoms with Crippen molar-refractivity contribution in [3.05, 3.63) is 41.4 Å². The van der Waals surface area contributed by atoms with Gasteiger partial charge in [0.2, 0.25) is 0 Å². The Hall–Kier alpha value is -2.35. The molecule has 1 aliphatic heterocycles. The molecular weight excluding hydrogens is 386 g/mol. The monoisotopic (exact) mass is 409 g/mol. The first kappa shape index (κ1) is 21.9. The number of hydrogen-bond donors (Lipinski definition) is 2. The Bertz CT molecular complexity index is 779. The molecule has 3 rings (SSSR count). The molecule has 2 aromatic carbocycles. The van der Waals surface area contributed by atoms with Crippen LogP contribution in [0.15, 0.2) is 36.4 Å². The van der Waals surface area contributed by atoms with Crippen molar-refractivity contribution in [3.8, 4) is 5.75 Å². The first-order valence-electron chi connectivity index (χ1n) is 9.05. The van der Waals surface area contributed by atoms with E-state index >= 15 is 0 Å². The number of carboxylic acid groups (broad SMARTS) is 2. The minimum absolute atomic E-state index is 0.746. The van der Waals surface area contributed by atoms with E-state index in [2.05, 4.69) is 11.0 Å². The Kier molecular flexibility index (Phi) is 9.00. The molecule has 2 aromatic rings. The van der Waals surface area contributed by atoms with Crippen molar-refractivity contribution in [3.63, 3.8) is 0 Å². The average Bonchev–Trinajstić information content (AvgIpc) is 2.71. The number of rotatable bonds is 6. The number of halogens is 1. The van der Waals surface area contributed by atoms with E-state index in [0.717, 1.165) is 73.8 Å². The zero-order chi connectivity index (χ0) is 20.4. The fraction of sp³-hybridized carbons (Fsp3) is 0.400. The number of nitrogens with zero attached hydrogens (tertiary/aromatic N) is 1. The normalized spacial score (nSPS) is 14.2. The number of morpholine rings is 1. The van der Waals surface area contributed by atoms with Gasteiger partial charge < -0.3 is 19.7 Å². The summed E-state index contributed by atoms with van der Waals surface area (Å²) < 4.78 is 11.3. The van der Waals surface area contributed by atoms with Crippen molar-refractivity contribution in [2.45, 2.75) is 12.8 Å². The number of benzene rings is 2. The molecule has 28 heavy (non-hydrogen) atoms. The molecule has 2 N–H and O–H groups in total.